The molecule has 5 nitrogen and oxygen atoms in total. The van der Waals surface area contributed by atoms with E-state index < -0.39 is 29.5 Å². The number of benzene rings is 1. The van der Waals surface area contributed by atoms with Crippen LogP contribution in [0.5, 0.6) is 0 Å². The third-order valence-electron chi connectivity index (χ3n) is 2.99. The van der Waals surface area contributed by atoms with Crippen LogP contribution in [-0.2, 0) is 6.54 Å². The molecule has 0 aliphatic heterocycles. The number of anilines is 1. The van der Waals surface area contributed by atoms with Gasteiger partial charge in [-0.1, -0.05) is 0 Å². The maximum Gasteiger partial charge on any atom is 0.341 e. The Labute approximate surface area is 112 Å². The number of aromatic nitrogens is 1. The van der Waals surface area contributed by atoms with Gasteiger partial charge in [0.2, 0.25) is 5.43 Å². The summed E-state index contributed by atoms with van der Waals surface area (Å²) >= 11 is 0. The molecule has 0 unspecified atom stereocenters. The van der Waals surface area contributed by atoms with E-state index in [9.17, 15) is 18.4 Å². The summed E-state index contributed by atoms with van der Waals surface area (Å²) < 4.78 is 27.6. The van der Waals surface area contributed by atoms with E-state index in [1.165, 1.54) is 17.7 Å². The Morgan fingerprint density at radius 1 is 1.45 bits per heavy atom. The molecule has 0 aliphatic carbocycles. The summed E-state index contributed by atoms with van der Waals surface area (Å²) in [7, 11) is 1.51. The van der Waals surface area contributed by atoms with E-state index in [-0.39, 0.29) is 23.1 Å². The summed E-state index contributed by atoms with van der Waals surface area (Å²) in [5, 5.41) is 11.5. The molecule has 0 aliphatic rings. The monoisotopic (exact) mass is 282 g/mol. The Hall–Kier alpha value is -2.44. The van der Waals surface area contributed by atoms with E-state index in [1.807, 2.05) is 0 Å². The lowest BCUT2D eigenvalue weighted by atomic mass is 10.1. The lowest BCUT2D eigenvalue weighted by Crippen LogP contribution is -2.19. The fourth-order valence-electron chi connectivity index (χ4n) is 2.03. The van der Waals surface area contributed by atoms with Crippen molar-refractivity contribution in [2.75, 3.05) is 19.0 Å². The Balaban J connectivity index is 2.90. The highest BCUT2D eigenvalue weighted by molar-refractivity contribution is 5.93. The molecule has 0 spiro atoms. The highest BCUT2D eigenvalue weighted by atomic mass is 19.1. The SMILES string of the molecule is CNc1cc2c(cc1F)c(=O)c(C(=O)O)cn2CCF. The van der Waals surface area contributed by atoms with Crippen molar-refractivity contribution in [1.29, 1.82) is 0 Å². The van der Waals surface area contributed by atoms with Crippen LogP contribution in [0.1, 0.15) is 10.4 Å². The zero-order valence-corrected chi connectivity index (χ0v) is 10.6. The molecule has 0 saturated heterocycles. The number of aromatic carboxylic acids is 1. The molecule has 106 valence electrons. The molecular formula is C13H12F2N2O3. The van der Waals surface area contributed by atoms with Crippen molar-refractivity contribution in [2.24, 2.45) is 0 Å². The van der Waals surface area contributed by atoms with Crippen LogP contribution in [0.4, 0.5) is 14.5 Å². The molecule has 1 heterocycles. The number of nitrogens with one attached hydrogen (secondary N) is 1. The van der Waals surface area contributed by atoms with Gasteiger partial charge in [-0.05, 0) is 12.1 Å². The second-order valence-electron chi connectivity index (χ2n) is 4.16. The predicted octanol–water partition coefficient (Wildman–Crippen LogP) is 1.85. The fraction of sp³-hybridized carbons (Fsp3) is 0.231. The first-order valence-electron chi connectivity index (χ1n) is 5.83. The summed E-state index contributed by atoms with van der Waals surface area (Å²) in [6, 6.07) is 2.32. The van der Waals surface area contributed by atoms with Crippen molar-refractivity contribution < 1.29 is 18.7 Å². The number of carboxylic acids is 1. The first-order chi connectivity index (χ1) is 9.49. The third kappa shape index (κ3) is 2.22. The Kier molecular flexibility index (Phi) is 3.69. The zero-order valence-electron chi connectivity index (χ0n) is 10.6. The number of alkyl halides is 1. The highest BCUT2D eigenvalue weighted by Gasteiger charge is 2.16. The van der Waals surface area contributed by atoms with Crippen molar-refractivity contribution in [3.8, 4) is 0 Å². The molecule has 1 aromatic heterocycles. The maximum atomic E-state index is 13.7. The summed E-state index contributed by atoms with van der Waals surface area (Å²) in [6.45, 7) is -0.852. The van der Waals surface area contributed by atoms with Crippen LogP contribution in [-0.4, -0.2) is 29.4 Å². The molecule has 0 bridgehead atoms. The van der Waals surface area contributed by atoms with Gasteiger partial charge in [0.25, 0.3) is 0 Å². The molecule has 2 N–H and O–H groups in total. The molecule has 20 heavy (non-hydrogen) atoms. The molecule has 0 atom stereocenters. The minimum atomic E-state index is -1.43. The number of aryl methyl sites for hydroxylation is 1. The number of carbonyl (C=O) groups is 1. The molecule has 0 fully saturated rings. The van der Waals surface area contributed by atoms with Gasteiger partial charge in [0.05, 0.1) is 17.7 Å². The molecule has 7 heteroatoms. The number of hydrogen-bond acceptors (Lipinski definition) is 3. The number of halogens is 2. The first-order valence-corrected chi connectivity index (χ1v) is 5.83. The minimum Gasteiger partial charge on any atom is -0.477 e. The van der Waals surface area contributed by atoms with Gasteiger partial charge in [-0.2, -0.15) is 0 Å². The standard InChI is InChI=1S/C13H12F2N2O3/c1-16-10-5-11-7(4-9(10)15)12(18)8(13(19)20)6-17(11)3-2-14/h4-6,16H,2-3H2,1H3,(H,19,20). The van der Waals surface area contributed by atoms with E-state index in [2.05, 4.69) is 5.32 Å². The Morgan fingerprint density at radius 2 is 2.15 bits per heavy atom. The number of rotatable bonds is 4. The van der Waals surface area contributed by atoms with Gasteiger partial charge in [-0.3, -0.25) is 4.79 Å². The van der Waals surface area contributed by atoms with Crippen LogP contribution < -0.4 is 10.7 Å². The summed E-state index contributed by atoms with van der Waals surface area (Å²) in [5.41, 5.74) is -0.872. The van der Waals surface area contributed by atoms with Crippen LogP contribution >= 0.6 is 0 Å². The number of carboxylic acid groups (broad SMARTS) is 1. The first kappa shape index (κ1) is 14.0. The number of hydrogen-bond donors (Lipinski definition) is 2. The van der Waals surface area contributed by atoms with E-state index in [1.54, 1.807) is 0 Å². The zero-order chi connectivity index (χ0) is 14.9. The van der Waals surface area contributed by atoms with Gasteiger partial charge in [0.1, 0.15) is 18.1 Å². The van der Waals surface area contributed by atoms with Crippen LogP contribution in [0, 0.1) is 5.82 Å². The molecule has 2 aromatic rings. The lowest BCUT2D eigenvalue weighted by molar-refractivity contribution is 0.0694. The summed E-state index contributed by atoms with van der Waals surface area (Å²) in [4.78, 5) is 23.0. The third-order valence-corrected chi connectivity index (χ3v) is 2.99. The van der Waals surface area contributed by atoms with Crippen LogP contribution in [0.3, 0.4) is 0 Å². The second-order valence-corrected chi connectivity index (χ2v) is 4.16. The topological polar surface area (TPSA) is 71.3 Å². The maximum absolute atomic E-state index is 13.7. The molecule has 2 rings (SSSR count). The van der Waals surface area contributed by atoms with E-state index in [0.717, 1.165) is 12.3 Å². The lowest BCUT2D eigenvalue weighted by Gasteiger charge is -2.12. The second kappa shape index (κ2) is 5.28. The van der Waals surface area contributed by atoms with Crippen molar-refractivity contribution in [1.82, 2.24) is 4.57 Å². The van der Waals surface area contributed by atoms with Crippen molar-refractivity contribution >= 4 is 22.6 Å². The number of fused-ring (bicyclic) bond motifs is 1. The van der Waals surface area contributed by atoms with Gasteiger partial charge in [-0.25, -0.2) is 13.6 Å². The Morgan fingerprint density at radius 3 is 2.70 bits per heavy atom. The molecule has 0 amide bonds. The molecular weight excluding hydrogens is 270 g/mol. The summed E-state index contributed by atoms with van der Waals surface area (Å²) in [5.74, 6) is -2.10. The van der Waals surface area contributed by atoms with Gasteiger partial charge >= 0.3 is 5.97 Å². The van der Waals surface area contributed by atoms with E-state index in [0.29, 0.717) is 0 Å². The molecule has 1 aromatic carbocycles. The average Bonchev–Trinajstić information content (AvgIpc) is 2.41. The Bertz CT molecular complexity index is 740. The highest BCUT2D eigenvalue weighted by Crippen LogP contribution is 2.21. The van der Waals surface area contributed by atoms with Gasteiger partial charge < -0.3 is 15.0 Å². The summed E-state index contributed by atoms with van der Waals surface area (Å²) in [6.07, 6.45) is 1.07. The average molecular weight is 282 g/mol. The van der Waals surface area contributed by atoms with Crippen LogP contribution in [0.15, 0.2) is 23.1 Å². The molecule has 0 radical (unpaired) electrons. The van der Waals surface area contributed by atoms with E-state index in [4.69, 9.17) is 5.11 Å². The van der Waals surface area contributed by atoms with Crippen molar-refractivity contribution in [2.45, 2.75) is 6.54 Å². The molecule has 0 saturated carbocycles. The largest absolute Gasteiger partial charge is 0.477 e. The van der Waals surface area contributed by atoms with Crippen molar-refractivity contribution in [3.05, 3.63) is 39.9 Å². The smallest absolute Gasteiger partial charge is 0.341 e. The van der Waals surface area contributed by atoms with Gasteiger partial charge in [-0.15, -0.1) is 0 Å². The normalized spacial score (nSPS) is 10.8. The van der Waals surface area contributed by atoms with Crippen LogP contribution in [0.25, 0.3) is 10.9 Å². The van der Waals surface area contributed by atoms with Crippen LogP contribution in [0.2, 0.25) is 0 Å². The quantitative estimate of drug-likeness (QED) is 0.897. The van der Waals surface area contributed by atoms with Gasteiger partial charge in [0.15, 0.2) is 0 Å². The number of pyridine rings is 1. The fourth-order valence-corrected chi connectivity index (χ4v) is 2.03. The van der Waals surface area contributed by atoms with E-state index >= 15 is 0 Å². The minimum absolute atomic E-state index is 0.0881. The predicted molar refractivity (Wildman–Crippen MR) is 70.6 cm³/mol. The van der Waals surface area contributed by atoms with Gasteiger partial charge in [0, 0.05) is 18.6 Å². The van der Waals surface area contributed by atoms with Crippen molar-refractivity contribution in [3.63, 3.8) is 0 Å². The number of nitrogens with zero attached hydrogens (tertiary/aromatic N) is 1.